The Hall–Kier alpha value is -10.00. The number of halogens is 2. The van der Waals surface area contributed by atoms with Crippen LogP contribution >= 0.6 is 31.9 Å². The largest absolute Gasteiger partial charge is 0.489 e. The monoisotopic (exact) mass is 1260 g/mol. The van der Waals surface area contributed by atoms with Gasteiger partial charge in [-0.25, -0.2) is 0 Å². The lowest BCUT2D eigenvalue weighted by Gasteiger charge is -2.11. The molecular formula is C79H49BBr2O6. The van der Waals surface area contributed by atoms with E-state index in [1.807, 2.05) is 78.9 Å². The molecule has 0 unspecified atom stereocenters. The van der Waals surface area contributed by atoms with Gasteiger partial charge in [0.15, 0.2) is 0 Å². The molecule has 0 radical (unpaired) electrons. The molecule has 0 aliphatic rings. The molecule has 0 amide bonds. The zero-order chi connectivity index (χ0) is 58.0. The van der Waals surface area contributed by atoms with Gasteiger partial charge in [-0.2, -0.15) is 0 Å². The smallest absolute Gasteiger partial charge is 0.456 e. The third-order valence-corrected chi connectivity index (χ3v) is 18.3. The highest BCUT2D eigenvalue weighted by Crippen LogP contribution is 2.44. The van der Waals surface area contributed by atoms with E-state index in [0.29, 0.717) is 5.46 Å². The molecule has 0 aliphatic heterocycles. The summed E-state index contributed by atoms with van der Waals surface area (Å²) in [5.41, 5.74) is 12.3. The van der Waals surface area contributed by atoms with Crippen molar-refractivity contribution in [1.29, 1.82) is 0 Å². The summed E-state index contributed by atoms with van der Waals surface area (Å²) in [6.07, 6.45) is 0. The van der Waals surface area contributed by atoms with Crippen LogP contribution in [0.15, 0.2) is 287 Å². The molecule has 2 N–H and O–H groups in total. The average Bonchev–Trinajstić information content (AvgIpc) is 2.03. The Morgan fingerprint density at radius 1 is 0.239 bits per heavy atom. The van der Waals surface area contributed by atoms with Crippen LogP contribution in [0.4, 0.5) is 0 Å². The number of fused-ring (bicyclic) bond motifs is 21. The number of benzene rings is 15. The Bertz CT molecular complexity index is 5740. The van der Waals surface area contributed by atoms with E-state index in [1.54, 1.807) is 0 Å². The van der Waals surface area contributed by atoms with Gasteiger partial charge in [-0.05, 0) is 189 Å². The molecule has 19 rings (SSSR count). The molecule has 0 atom stereocenters. The fourth-order valence-electron chi connectivity index (χ4n) is 13.3. The van der Waals surface area contributed by atoms with E-state index in [1.165, 1.54) is 65.3 Å². The number of furan rings is 4. The highest BCUT2D eigenvalue weighted by molar-refractivity contribution is 9.10. The molecule has 88 heavy (non-hydrogen) atoms. The van der Waals surface area contributed by atoms with E-state index in [0.717, 1.165) is 118 Å². The van der Waals surface area contributed by atoms with Crippen molar-refractivity contribution in [2.45, 2.75) is 7.43 Å². The van der Waals surface area contributed by atoms with Crippen molar-refractivity contribution in [3.05, 3.63) is 270 Å². The molecule has 0 aliphatic carbocycles. The molecule has 4 aromatic heterocycles. The van der Waals surface area contributed by atoms with E-state index in [9.17, 15) is 10.0 Å². The van der Waals surface area contributed by atoms with Gasteiger partial charge in [-0.3, -0.25) is 0 Å². The fourth-order valence-corrected chi connectivity index (χ4v) is 14.0. The van der Waals surface area contributed by atoms with Crippen LogP contribution in [-0.2, 0) is 0 Å². The minimum Gasteiger partial charge on any atom is -0.456 e. The van der Waals surface area contributed by atoms with Gasteiger partial charge in [-0.15, -0.1) is 0 Å². The van der Waals surface area contributed by atoms with Gasteiger partial charge in [-0.1, -0.05) is 203 Å². The van der Waals surface area contributed by atoms with Crippen molar-refractivity contribution in [2.24, 2.45) is 0 Å². The van der Waals surface area contributed by atoms with Gasteiger partial charge in [0.1, 0.15) is 44.7 Å². The summed E-state index contributed by atoms with van der Waals surface area (Å²) in [6.45, 7) is 0. The van der Waals surface area contributed by atoms with Crippen LogP contribution in [-0.4, -0.2) is 17.2 Å². The molecule has 0 saturated carbocycles. The number of hydrogen-bond acceptors (Lipinski definition) is 6. The van der Waals surface area contributed by atoms with E-state index < -0.39 is 7.12 Å². The minimum atomic E-state index is -1.44. The lowest BCUT2D eigenvalue weighted by atomic mass is 9.76. The lowest BCUT2D eigenvalue weighted by molar-refractivity contribution is 0.426. The Kier molecular flexibility index (Phi) is 12.9. The summed E-state index contributed by atoms with van der Waals surface area (Å²) in [6, 6.07) is 90.5. The summed E-state index contributed by atoms with van der Waals surface area (Å²) < 4.78 is 27.1. The molecular weight excluding hydrogens is 1220 g/mol. The van der Waals surface area contributed by atoms with Crippen LogP contribution in [0.3, 0.4) is 0 Å². The van der Waals surface area contributed by atoms with Gasteiger partial charge in [0, 0.05) is 52.0 Å². The molecule has 0 fully saturated rings. The predicted octanol–water partition coefficient (Wildman–Crippen LogP) is 22.8. The third kappa shape index (κ3) is 8.83. The minimum absolute atomic E-state index is 0. The number of hydrogen-bond donors (Lipinski definition) is 2. The van der Waals surface area contributed by atoms with Crippen LogP contribution in [0, 0.1) is 0 Å². The summed E-state index contributed by atoms with van der Waals surface area (Å²) >= 11 is 7.04. The van der Waals surface area contributed by atoms with Crippen LogP contribution in [0.2, 0.25) is 0 Å². The maximum absolute atomic E-state index is 9.44. The van der Waals surface area contributed by atoms with Crippen molar-refractivity contribution < 1.29 is 27.7 Å². The Morgan fingerprint density at radius 3 is 0.898 bits per heavy atom. The summed E-state index contributed by atoms with van der Waals surface area (Å²) in [5.74, 6) is 0. The second-order valence-corrected chi connectivity index (χ2v) is 24.1. The Balaban J connectivity index is 0.000000128. The van der Waals surface area contributed by atoms with Crippen molar-refractivity contribution >= 4 is 197 Å². The quantitative estimate of drug-likeness (QED) is 0.135. The highest BCUT2D eigenvalue weighted by atomic mass is 79.9. The fraction of sp³-hybridized carbons (Fsp3) is 0.0127. The first-order valence-electron chi connectivity index (χ1n) is 28.8. The van der Waals surface area contributed by atoms with Crippen LogP contribution < -0.4 is 5.46 Å². The number of rotatable bonds is 3. The SMILES string of the molecule is Brc1ccc2oc3cc4c(cc3c2c1)oc1ccc(Br)cc14.C.OB(O)c1cc2ccccc2c2ccccc12.c1ccc2c(c1)cc(-c1ccc3oc4cc5c(cc4c3c1)oc1ccc(-c3cc4ccccc4c4ccccc34)cc15)c1ccccc12. The van der Waals surface area contributed by atoms with Crippen molar-refractivity contribution in [3.63, 3.8) is 0 Å². The van der Waals surface area contributed by atoms with Crippen molar-refractivity contribution in [1.82, 2.24) is 0 Å². The van der Waals surface area contributed by atoms with Crippen molar-refractivity contribution in [2.75, 3.05) is 0 Å². The topological polar surface area (TPSA) is 93.0 Å². The van der Waals surface area contributed by atoms with E-state index in [4.69, 9.17) is 17.7 Å². The maximum Gasteiger partial charge on any atom is 0.489 e. The maximum atomic E-state index is 9.44. The first kappa shape index (κ1) is 53.5. The Labute approximate surface area is 520 Å². The van der Waals surface area contributed by atoms with Gasteiger partial charge in [0.05, 0.1) is 0 Å². The van der Waals surface area contributed by atoms with Crippen LogP contribution in [0.25, 0.3) is 175 Å². The lowest BCUT2D eigenvalue weighted by Crippen LogP contribution is -2.30. The van der Waals surface area contributed by atoms with Gasteiger partial charge in [0.2, 0.25) is 0 Å². The van der Waals surface area contributed by atoms with Gasteiger partial charge < -0.3 is 27.7 Å². The van der Waals surface area contributed by atoms with Crippen molar-refractivity contribution in [3.8, 4) is 22.3 Å². The molecule has 418 valence electrons. The standard InChI is InChI=1S/C46H26O2.C18H8Br2O2.C14H11BO2.CH4/c1-3-11-31-27(9-1)21-37(35-15-7-5-13-33(31)35)29-17-19-43-39(23-29)41-25-46-42(26-45(41)47-43)40-24-30(18-20-44(40)48-46)38-22-28-10-2-4-12-32(28)34-14-6-8-16-36(34)38;19-9-1-3-15-11(5-9)13-7-18-14(8-17(13)21-15)12-6-10(20)2-4-16(12)22-18;16-15(17)14-9-10-5-1-2-6-11(10)12-7-3-4-8-13(12)14;/h1-26H;1-8H;1-9,16-17H;1H4. The molecule has 9 heteroatoms. The summed E-state index contributed by atoms with van der Waals surface area (Å²) in [7, 11) is -1.44. The van der Waals surface area contributed by atoms with E-state index >= 15 is 0 Å². The highest BCUT2D eigenvalue weighted by Gasteiger charge is 2.20. The molecule has 19 aromatic rings. The summed E-state index contributed by atoms with van der Waals surface area (Å²) in [4.78, 5) is 0. The van der Waals surface area contributed by atoms with E-state index in [2.05, 4.69) is 214 Å². The normalized spacial score (nSPS) is 11.8. The first-order chi connectivity index (χ1) is 42.7. The zero-order valence-corrected chi connectivity index (χ0v) is 49.4. The predicted molar refractivity (Wildman–Crippen MR) is 376 cm³/mol. The summed E-state index contributed by atoms with van der Waals surface area (Å²) in [5, 5.41) is 41.6. The van der Waals surface area contributed by atoms with Gasteiger partial charge >= 0.3 is 7.12 Å². The molecule has 0 bridgehead atoms. The second kappa shape index (κ2) is 21.2. The zero-order valence-electron chi connectivity index (χ0n) is 46.2. The van der Waals surface area contributed by atoms with Crippen LogP contribution in [0.1, 0.15) is 7.43 Å². The first-order valence-corrected chi connectivity index (χ1v) is 30.4. The van der Waals surface area contributed by atoms with Crippen LogP contribution in [0.5, 0.6) is 0 Å². The molecule has 15 aromatic carbocycles. The molecule has 0 saturated heterocycles. The molecule has 6 nitrogen and oxygen atoms in total. The second-order valence-electron chi connectivity index (χ2n) is 22.3. The average molecular weight is 1260 g/mol. The molecule has 0 spiro atoms. The van der Waals surface area contributed by atoms with Gasteiger partial charge in [0.25, 0.3) is 0 Å². The Morgan fingerprint density at radius 2 is 0.523 bits per heavy atom. The third-order valence-electron chi connectivity index (χ3n) is 17.3. The molecule has 4 heterocycles. The van der Waals surface area contributed by atoms with E-state index in [-0.39, 0.29) is 7.43 Å².